The van der Waals surface area contributed by atoms with Gasteiger partial charge in [0.2, 0.25) is 0 Å². The Kier molecular flexibility index (Phi) is 5.83. The molecule has 160 valence electrons. The Morgan fingerprint density at radius 2 is 1.77 bits per heavy atom. The predicted octanol–water partition coefficient (Wildman–Crippen LogP) is 5.42. The third kappa shape index (κ3) is 3.95. The highest BCUT2D eigenvalue weighted by Gasteiger charge is 2.34. The average Bonchev–Trinajstić information content (AvgIpc) is 2.76. The van der Waals surface area contributed by atoms with Crippen LogP contribution >= 0.6 is 11.6 Å². The molecule has 0 aliphatic carbocycles. The van der Waals surface area contributed by atoms with Gasteiger partial charge in [-0.25, -0.2) is 8.78 Å². The first-order valence-corrected chi connectivity index (χ1v) is 10.1. The molecule has 4 rings (SSSR count). The molecule has 7 heteroatoms. The Morgan fingerprint density at radius 3 is 2.45 bits per heavy atom. The van der Waals surface area contributed by atoms with E-state index in [-0.39, 0.29) is 5.56 Å². The fourth-order valence-electron chi connectivity index (χ4n) is 4.02. The number of hydrogen-bond donors (Lipinski definition) is 0. The van der Waals surface area contributed by atoms with E-state index in [1.165, 1.54) is 13.2 Å². The summed E-state index contributed by atoms with van der Waals surface area (Å²) < 4.78 is 38.7. The summed E-state index contributed by atoms with van der Waals surface area (Å²) in [4.78, 5) is 14.9. The number of ether oxygens (including phenoxy) is 2. The molecular weight excluding hydrogens is 424 g/mol. The van der Waals surface area contributed by atoms with Gasteiger partial charge in [0.1, 0.15) is 11.6 Å². The van der Waals surface area contributed by atoms with Crippen molar-refractivity contribution in [2.75, 3.05) is 20.8 Å². The van der Waals surface area contributed by atoms with E-state index >= 15 is 0 Å². The van der Waals surface area contributed by atoms with Crippen molar-refractivity contribution in [1.29, 1.82) is 0 Å². The van der Waals surface area contributed by atoms with Crippen LogP contribution < -0.4 is 9.47 Å². The van der Waals surface area contributed by atoms with Crippen molar-refractivity contribution >= 4 is 17.5 Å². The van der Waals surface area contributed by atoms with Gasteiger partial charge in [0.15, 0.2) is 11.5 Å². The number of carbonyl (C=O) groups excluding carboxylic acids is 1. The zero-order valence-corrected chi connectivity index (χ0v) is 17.7. The summed E-state index contributed by atoms with van der Waals surface area (Å²) in [6.07, 6.45) is 0.543. The number of fused-ring (bicyclic) bond motifs is 1. The lowest BCUT2D eigenvalue weighted by atomic mass is 9.87. The molecule has 0 spiro atoms. The van der Waals surface area contributed by atoms with E-state index in [0.29, 0.717) is 35.6 Å². The van der Waals surface area contributed by atoms with Gasteiger partial charge >= 0.3 is 0 Å². The third-order valence-corrected chi connectivity index (χ3v) is 5.70. The Bertz CT molecular complexity index is 1150. The molecule has 3 aromatic carbocycles. The minimum Gasteiger partial charge on any atom is -0.493 e. The van der Waals surface area contributed by atoms with Crippen molar-refractivity contribution < 1.29 is 23.0 Å². The summed E-state index contributed by atoms with van der Waals surface area (Å²) >= 11 is 6.23. The third-order valence-electron chi connectivity index (χ3n) is 5.46. The standard InChI is InChI=1S/C24H20ClF2NO3/c1-30-21-11-14-8-9-28(24(29)18-7-6-17(26)12-20(18)27)23(19(14)13-22(21)31-2)15-4-3-5-16(25)10-15/h3-7,10-13,23H,8-9H2,1-2H3/t23-/m0/s1. The molecule has 1 atom stereocenters. The summed E-state index contributed by atoms with van der Waals surface area (Å²) in [6, 6.07) is 13.4. The van der Waals surface area contributed by atoms with E-state index in [2.05, 4.69) is 0 Å². The molecule has 0 unspecified atom stereocenters. The lowest BCUT2D eigenvalue weighted by molar-refractivity contribution is 0.0689. The number of nitrogens with zero attached hydrogens (tertiary/aromatic N) is 1. The van der Waals surface area contributed by atoms with Crippen molar-refractivity contribution in [3.8, 4) is 11.5 Å². The molecule has 0 bridgehead atoms. The number of methoxy groups -OCH3 is 2. The molecule has 1 heterocycles. The van der Waals surface area contributed by atoms with Crippen molar-refractivity contribution in [3.05, 3.63) is 93.5 Å². The summed E-state index contributed by atoms with van der Waals surface area (Å²) in [6.45, 7) is 0.343. The summed E-state index contributed by atoms with van der Waals surface area (Å²) in [7, 11) is 3.10. The smallest absolute Gasteiger partial charge is 0.257 e. The Labute approximate surface area is 184 Å². The molecule has 0 radical (unpaired) electrons. The zero-order chi connectivity index (χ0) is 22.1. The molecule has 0 aromatic heterocycles. The molecule has 0 saturated heterocycles. The second kappa shape index (κ2) is 8.55. The Hall–Kier alpha value is -3.12. The maximum absolute atomic E-state index is 14.4. The number of hydrogen-bond acceptors (Lipinski definition) is 3. The molecular formula is C24H20ClF2NO3. The van der Waals surface area contributed by atoms with Crippen LogP contribution in [0.3, 0.4) is 0 Å². The van der Waals surface area contributed by atoms with Crippen LogP contribution in [-0.2, 0) is 6.42 Å². The van der Waals surface area contributed by atoms with Crippen LogP contribution in [-0.4, -0.2) is 31.6 Å². The number of rotatable bonds is 4. The van der Waals surface area contributed by atoms with Gasteiger partial charge in [0, 0.05) is 17.6 Å². The average molecular weight is 444 g/mol. The van der Waals surface area contributed by atoms with Gasteiger partial charge in [-0.15, -0.1) is 0 Å². The molecule has 0 saturated carbocycles. The van der Waals surface area contributed by atoms with E-state index in [4.69, 9.17) is 21.1 Å². The molecule has 31 heavy (non-hydrogen) atoms. The normalized spacial score (nSPS) is 15.4. The molecule has 3 aromatic rings. The van der Waals surface area contributed by atoms with E-state index < -0.39 is 23.6 Å². The highest BCUT2D eigenvalue weighted by molar-refractivity contribution is 6.30. The first-order valence-electron chi connectivity index (χ1n) is 9.69. The number of halogens is 3. The molecule has 1 amide bonds. The highest BCUT2D eigenvalue weighted by Crippen LogP contribution is 2.42. The van der Waals surface area contributed by atoms with Crippen LogP contribution in [0.25, 0.3) is 0 Å². The Morgan fingerprint density at radius 1 is 1.03 bits per heavy atom. The minimum atomic E-state index is -0.895. The van der Waals surface area contributed by atoms with Crippen molar-refractivity contribution in [2.24, 2.45) is 0 Å². The van der Waals surface area contributed by atoms with Gasteiger partial charge in [-0.2, -0.15) is 0 Å². The monoisotopic (exact) mass is 443 g/mol. The predicted molar refractivity (Wildman–Crippen MR) is 114 cm³/mol. The maximum Gasteiger partial charge on any atom is 0.257 e. The van der Waals surface area contributed by atoms with E-state index in [0.717, 1.165) is 22.8 Å². The number of benzene rings is 3. The maximum atomic E-state index is 14.4. The van der Waals surface area contributed by atoms with Crippen LogP contribution in [0.2, 0.25) is 5.02 Å². The Balaban J connectivity index is 1.87. The van der Waals surface area contributed by atoms with Crippen LogP contribution in [0.5, 0.6) is 11.5 Å². The van der Waals surface area contributed by atoms with Gasteiger partial charge in [0.25, 0.3) is 5.91 Å². The second-order valence-electron chi connectivity index (χ2n) is 7.24. The van der Waals surface area contributed by atoms with Gasteiger partial charge in [0.05, 0.1) is 25.8 Å². The largest absolute Gasteiger partial charge is 0.493 e. The summed E-state index contributed by atoms with van der Waals surface area (Å²) in [5, 5.41) is 0.519. The SMILES string of the molecule is COc1cc2c(cc1OC)[C@H](c1cccc(Cl)c1)N(C(=O)c1ccc(F)cc1F)CC2. The van der Waals surface area contributed by atoms with Gasteiger partial charge < -0.3 is 14.4 Å². The molecule has 0 N–H and O–H groups in total. The van der Waals surface area contributed by atoms with Crippen molar-refractivity contribution in [2.45, 2.75) is 12.5 Å². The molecule has 0 fully saturated rings. The zero-order valence-electron chi connectivity index (χ0n) is 17.0. The van der Waals surface area contributed by atoms with E-state index in [1.54, 1.807) is 30.2 Å². The molecule has 4 nitrogen and oxygen atoms in total. The molecule has 1 aliphatic heterocycles. The van der Waals surface area contributed by atoms with E-state index in [9.17, 15) is 13.6 Å². The highest BCUT2D eigenvalue weighted by atomic mass is 35.5. The van der Waals surface area contributed by atoms with Crippen LogP contribution in [0.1, 0.15) is 33.1 Å². The topological polar surface area (TPSA) is 38.8 Å². The number of amides is 1. The number of carbonyl (C=O) groups is 1. The minimum absolute atomic E-state index is 0.183. The fraction of sp³-hybridized carbons (Fsp3) is 0.208. The summed E-state index contributed by atoms with van der Waals surface area (Å²) in [5.41, 5.74) is 2.42. The first-order chi connectivity index (χ1) is 14.9. The lowest BCUT2D eigenvalue weighted by Crippen LogP contribution is -2.41. The van der Waals surface area contributed by atoms with E-state index in [1.807, 2.05) is 18.2 Å². The van der Waals surface area contributed by atoms with Crippen LogP contribution in [0.15, 0.2) is 54.6 Å². The lowest BCUT2D eigenvalue weighted by Gasteiger charge is -2.38. The quantitative estimate of drug-likeness (QED) is 0.540. The molecule has 1 aliphatic rings. The second-order valence-corrected chi connectivity index (χ2v) is 7.67. The first kappa shape index (κ1) is 21.1. The fourth-order valence-corrected chi connectivity index (χ4v) is 4.22. The van der Waals surface area contributed by atoms with Crippen LogP contribution in [0.4, 0.5) is 8.78 Å². The van der Waals surface area contributed by atoms with Gasteiger partial charge in [-0.3, -0.25) is 4.79 Å². The van der Waals surface area contributed by atoms with Gasteiger partial charge in [-0.1, -0.05) is 23.7 Å². The summed E-state index contributed by atoms with van der Waals surface area (Å²) in [5.74, 6) is -1.04. The van der Waals surface area contributed by atoms with Crippen molar-refractivity contribution in [1.82, 2.24) is 4.90 Å². The van der Waals surface area contributed by atoms with Crippen LogP contribution in [0, 0.1) is 11.6 Å². The van der Waals surface area contributed by atoms with Crippen molar-refractivity contribution in [3.63, 3.8) is 0 Å². The van der Waals surface area contributed by atoms with Gasteiger partial charge in [-0.05, 0) is 59.5 Å².